The van der Waals surface area contributed by atoms with Gasteiger partial charge in [-0.25, -0.2) is 4.39 Å². The number of hydrogen-bond donors (Lipinski definition) is 1. The maximum Gasteiger partial charge on any atom is 0.132 e. The third kappa shape index (κ3) is 5.78. The van der Waals surface area contributed by atoms with E-state index >= 15 is 0 Å². The third-order valence-corrected chi connectivity index (χ3v) is 6.03. The SMILES string of the molecule is Cc1ccc(COC2C(OC(C)C)c3cc(NCc4ccc(F)cc4)ccc3OC2(C)C)cc1. The van der Waals surface area contributed by atoms with Crippen LogP contribution >= 0.6 is 0 Å². The number of fused-ring (bicyclic) bond motifs is 1. The quantitative estimate of drug-likeness (QED) is 0.392. The summed E-state index contributed by atoms with van der Waals surface area (Å²) in [4.78, 5) is 0. The standard InChI is InChI=1S/C29H34FNO3/c1-19(2)33-27-25-16-24(31-17-21-10-12-23(30)13-11-21)14-15-26(25)34-29(4,5)28(27)32-18-22-8-6-20(3)7-9-22/h6-16,19,27-28,31H,17-18H2,1-5H3. The fourth-order valence-electron chi connectivity index (χ4n) is 4.25. The lowest BCUT2D eigenvalue weighted by Crippen LogP contribution is -2.51. The molecule has 0 saturated carbocycles. The van der Waals surface area contributed by atoms with Crippen LogP contribution in [-0.2, 0) is 22.6 Å². The second-order valence-electron chi connectivity index (χ2n) is 9.76. The van der Waals surface area contributed by atoms with E-state index in [1.807, 2.05) is 39.8 Å². The predicted molar refractivity (Wildman–Crippen MR) is 134 cm³/mol. The Balaban J connectivity index is 1.57. The van der Waals surface area contributed by atoms with Crippen molar-refractivity contribution in [2.45, 2.75) is 71.7 Å². The van der Waals surface area contributed by atoms with Crippen molar-refractivity contribution < 1.29 is 18.6 Å². The van der Waals surface area contributed by atoms with Gasteiger partial charge in [0.05, 0.1) is 12.7 Å². The van der Waals surface area contributed by atoms with Gasteiger partial charge in [0.25, 0.3) is 0 Å². The summed E-state index contributed by atoms with van der Waals surface area (Å²) < 4.78 is 32.5. The summed E-state index contributed by atoms with van der Waals surface area (Å²) in [5, 5.41) is 3.43. The van der Waals surface area contributed by atoms with E-state index in [2.05, 4.69) is 42.6 Å². The number of nitrogens with one attached hydrogen (secondary N) is 1. The maximum atomic E-state index is 13.2. The lowest BCUT2D eigenvalue weighted by atomic mass is 9.87. The van der Waals surface area contributed by atoms with Crippen LogP contribution in [0.15, 0.2) is 66.7 Å². The highest BCUT2D eigenvalue weighted by molar-refractivity contribution is 5.54. The molecule has 0 fully saturated rings. The molecule has 1 heterocycles. The van der Waals surface area contributed by atoms with Crippen molar-refractivity contribution in [2.24, 2.45) is 0 Å². The van der Waals surface area contributed by atoms with Gasteiger partial charge in [-0.2, -0.15) is 0 Å². The van der Waals surface area contributed by atoms with Crippen LogP contribution in [0.2, 0.25) is 0 Å². The zero-order valence-corrected chi connectivity index (χ0v) is 20.6. The van der Waals surface area contributed by atoms with E-state index in [1.165, 1.54) is 17.7 Å². The molecule has 4 rings (SSSR count). The highest BCUT2D eigenvalue weighted by Crippen LogP contribution is 2.45. The summed E-state index contributed by atoms with van der Waals surface area (Å²) in [5.74, 6) is 0.570. The van der Waals surface area contributed by atoms with Crippen LogP contribution in [-0.4, -0.2) is 17.8 Å². The van der Waals surface area contributed by atoms with Crippen molar-refractivity contribution in [3.63, 3.8) is 0 Å². The molecular weight excluding hydrogens is 429 g/mol. The Morgan fingerprint density at radius 2 is 1.65 bits per heavy atom. The van der Waals surface area contributed by atoms with Gasteiger partial charge in [-0.05, 0) is 76.1 Å². The van der Waals surface area contributed by atoms with Gasteiger partial charge in [-0.1, -0.05) is 42.0 Å². The fourth-order valence-corrected chi connectivity index (χ4v) is 4.25. The molecule has 0 saturated heterocycles. The highest BCUT2D eigenvalue weighted by Gasteiger charge is 2.46. The van der Waals surface area contributed by atoms with Gasteiger partial charge in [-0.3, -0.25) is 0 Å². The third-order valence-electron chi connectivity index (χ3n) is 6.03. The van der Waals surface area contributed by atoms with Crippen LogP contribution < -0.4 is 10.1 Å². The van der Waals surface area contributed by atoms with E-state index in [1.54, 1.807) is 12.1 Å². The zero-order chi connectivity index (χ0) is 24.3. The maximum absolute atomic E-state index is 13.2. The molecule has 0 aromatic heterocycles. The summed E-state index contributed by atoms with van der Waals surface area (Å²) in [6.45, 7) is 11.3. The summed E-state index contributed by atoms with van der Waals surface area (Å²) >= 11 is 0. The second-order valence-corrected chi connectivity index (χ2v) is 9.76. The Morgan fingerprint density at radius 1 is 0.971 bits per heavy atom. The molecule has 2 unspecified atom stereocenters. The molecule has 1 N–H and O–H groups in total. The van der Waals surface area contributed by atoms with Gasteiger partial charge in [0.1, 0.15) is 29.4 Å². The predicted octanol–water partition coefficient (Wildman–Crippen LogP) is 6.97. The van der Waals surface area contributed by atoms with Crippen molar-refractivity contribution in [2.75, 3.05) is 5.32 Å². The molecule has 0 bridgehead atoms. The first-order chi connectivity index (χ1) is 16.2. The molecule has 1 aliphatic heterocycles. The summed E-state index contributed by atoms with van der Waals surface area (Å²) in [6, 6.07) is 20.9. The van der Waals surface area contributed by atoms with E-state index < -0.39 is 5.60 Å². The Bertz CT molecular complexity index is 1090. The van der Waals surface area contributed by atoms with Gasteiger partial charge in [0.2, 0.25) is 0 Å². The number of halogens is 1. The minimum absolute atomic E-state index is 0.0213. The van der Waals surface area contributed by atoms with Crippen molar-refractivity contribution in [1.82, 2.24) is 0 Å². The molecular formula is C29H34FNO3. The molecule has 1 aliphatic rings. The molecule has 0 aliphatic carbocycles. The Hall–Kier alpha value is -2.89. The van der Waals surface area contributed by atoms with Crippen LogP contribution in [0.5, 0.6) is 5.75 Å². The van der Waals surface area contributed by atoms with Crippen LogP contribution in [0.4, 0.5) is 10.1 Å². The van der Waals surface area contributed by atoms with Gasteiger partial charge >= 0.3 is 0 Å². The first-order valence-electron chi connectivity index (χ1n) is 11.8. The smallest absolute Gasteiger partial charge is 0.132 e. The number of anilines is 1. The molecule has 180 valence electrons. The van der Waals surface area contributed by atoms with Crippen molar-refractivity contribution in [1.29, 1.82) is 0 Å². The molecule has 2 atom stereocenters. The lowest BCUT2D eigenvalue weighted by Gasteiger charge is -2.45. The molecule has 0 radical (unpaired) electrons. The van der Waals surface area contributed by atoms with E-state index in [9.17, 15) is 4.39 Å². The normalized spacial score (nSPS) is 18.9. The number of hydrogen-bond acceptors (Lipinski definition) is 4. The molecule has 34 heavy (non-hydrogen) atoms. The topological polar surface area (TPSA) is 39.7 Å². The van der Waals surface area contributed by atoms with Crippen LogP contribution in [0.3, 0.4) is 0 Å². The lowest BCUT2D eigenvalue weighted by molar-refractivity contribution is -0.177. The monoisotopic (exact) mass is 463 g/mol. The zero-order valence-electron chi connectivity index (χ0n) is 20.6. The van der Waals surface area contributed by atoms with Gasteiger partial charge in [0, 0.05) is 17.8 Å². The summed E-state index contributed by atoms with van der Waals surface area (Å²) in [5.41, 5.74) is 4.68. The molecule has 4 nitrogen and oxygen atoms in total. The fraction of sp³-hybridized carbons (Fsp3) is 0.379. The van der Waals surface area contributed by atoms with E-state index in [0.29, 0.717) is 13.2 Å². The first kappa shape index (κ1) is 24.2. The first-order valence-corrected chi connectivity index (χ1v) is 11.8. The number of benzene rings is 3. The second kappa shape index (κ2) is 10.2. The Kier molecular flexibility index (Phi) is 7.24. The van der Waals surface area contributed by atoms with E-state index in [0.717, 1.165) is 28.1 Å². The largest absolute Gasteiger partial charge is 0.485 e. The molecule has 0 amide bonds. The van der Waals surface area contributed by atoms with Crippen molar-refractivity contribution >= 4 is 5.69 Å². The Morgan fingerprint density at radius 3 is 2.32 bits per heavy atom. The summed E-state index contributed by atoms with van der Waals surface area (Å²) in [6.07, 6.45) is -0.555. The number of aryl methyl sites for hydroxylation is 1. The van der Waals surface area contributed by atoms with Gasteiger partial charge in [-0.15, -0.1) is 0 Å². The molecule has 5 heteroatoms. The van der Waals surface area contributed by atoms with Crippen LogP contribution in [0.1, 0.15) is 56.1 Å². The number of rotatable bonds is 8. The van der Waals surface area contributed by atoms with Gasteiger partial charge < -0.3 is 19.5 Å². The van der Waals surface area contributed by atoms with Crippen molar-refractivity contribution in [3.8, 4) is 5.75 Å². The minimum Gasteiger partial charge on any atom is -0.485 e. The van der Waals surface area contributed by atoms with Crippen LogP contribution in [0, 0.1) is 12.7 Å². The van der Waals surface area contributed by atoms with Crippen LogP contribution in [0.25, 0.3) is 0 Å². The number of ether oxygens (including phenoxy) is 3. The average molecular weight is 464 g/mol. The molecule has 3 aromatic rings. The average Bonchev–Trinajstić information content (AvgIpc) is 2.79. The molecule has 0 spiro atoms. The van der Waals surface area contributed by atoms with E-state index in [-0.39, 0.29) is 24.1 Å². The van der Waals surface area contributed by atoms with E-state index in [4.69, 9.17) is 14.2 Å². The Labute approximate surface area is 202 Å². The minimum atomic E-state index is -0.569. The highest BCUT2D eigenvalue weighted by atomic mass is 19.1. The van der Waals surface area contributed by atoms with Crippen molar-refractivity contribution in [3.05, 3.63) is 94.8 Å². The van der Waals surface area contributed by atoms with Gasteiger partial charge in [0.15, 0.2) is 0 Å². The molecule has 3 aromatic carbocycles. The summed E-state index contributed by atoms with van der Waals surface area (Å²) in [7, 11) is 0.